The Morgan fingerprint density at radius 1 is 1.07 bits per heavy atom. The van der Waals surface area contributed by atoms with E-state index in [1.54, 1.807) is 31.3 Å². The van der Waals surface area contributed by atoms with Gasteiger partial charge in [-0.1, -0.05) is 29.8 Å². The van der Waals surface area contributed by atoms with E-state index in [-0.39, 0.29) is 18.4 Å². The van der Waals surface area contributed by atoms with Crippen LogP contribution in [0.1, 0.15) is 15.9 Å². The second kappa shape index (κ2) is 8.28. The Hall–Kier alpha value is -2.77. The van der Waals surface area contributed by atoms with Crippen molar-refractivity contribution in [2.24, 2.45) is 0 Å². The number of nitrogens with one attached hydrogen (secondary N) is 2. The molecule has 138 valence electrons. The van der Waals surface area contributed by atoms with Gasteiger partial charge in [-0.25, -0.2) is 0 Å². The first-order valence-electron chi connectivity index (χ1n) is 8.35. The fraction of sp³-hybridized carbons (Fsp3) is 0.150. The highest BCUT2D eigenvalue weighted by atomic mass is 32.1. The van der Waals surface area contributed by atoms with Crippen LogP contribution in [0.3, 0.4) is 0 Å². The molecule has 2 amide bonds. The smallest absolute Gasteiger partial charge is 0.251 e. The van der Waals surface area contributed by atoms with E-state index in [0.717, 1.165) is 11.3 Å². The van der Waals surface area contributed by atoms with E-state index >= 15 is 0 Å². The largest absolute Gasteiger partial charge is 0.355 e. The highest BCUT2D eigenvalue weighted by molar-refractivity contribution is 7.73. The van der Waals surface area contributed by atoms with Crippen LogP contribution in [0.15, 0.2) is 53.9 Å². The molecule has 5 nitrogen and oxygen atoms in total. The van der Waals surface area contributed by atoms with Crippen LogP contribution in [0.5, 0.6) is 0 Å². The molecule has 0 unspecified atom stereocenters. The number of aromatic nitrogens is 1. The van der Waals surface area contributed by atoms with E-state index in [1.165, 1.54) is 16.9 Å². The third-order valence-corrected chi connectivity index (χ3v) is 5.36. The maximum absolute atomic E-state index is 12.5. The Morgan fingerprint density at radius 2 is 1.74 bits per heavy atom. The Bertz CT molecular complexity index is 1020. The summed E-state index contributed by atoms with van der Waals surface area (Å²) in [6.07, 6.45) is 0. The molecule has 27 heavy (non-hydrogen) atoms. The Morgan fingerprint density at radius 3 is 2.37 bits per heavy atom. The van der Waals surface area contributed by atoms with Gasteiger partial charge in [0, 0.05) is 23.7 Å². The van der Waals surface area contributed by atoms with Gasteiger partial charge in [-0.3, -0.25) is 9.59 Å². The van der Waals surface area contributed by atoms with Gasteiger partial charge in [-0.05, 0) is 49.0 Å². The normalized spacial score (nSPS) is 10.4. The van der Waals surface area contributed by atoms with Crippen molar-refractivity contribution >= 4 is 41.1 Å². The third kappa shape index (κ3) is 4.50. The van der Waals surface area contributed by atoms with Crippen LogP contribution >= 0.6 is 23.6 Å². The van der Waals surface area contributed by atoms with Crippen molar-refractivity contribution in [3.8, 4) is 11.3 Å². The van der Waals surface area contributed by atoms with Crippen LogP contribution in [0.2, 0.25) is 0 Å². The molecular weight excluding hydrogens is 378 g/mol. The molecule has 0 radical (unpaired) electrons. The summed E-state index contributed by atoms with van der Waals surface area (Å²) in [7, 11) is 1.58. The zero-order valence-electron chi connectivity index (χ0n) is 15.0. The molecule has 0 aliphatic rings. The van der Waals surface area contributed by atoms with Crippen molar-refractivity contribution in [3.63, 3.8) is 0 Å². The molecule has 0 spiro atoms. The Kier molecular flexibility index (Phi) is 5.83. The highest BCUT2D eigenvalue weighted by Gasteiger charge is 2.12. The summed E-state index contributed by atoms with van der Waals surface area (Å²) in [6.45, 7) is 2.16. The second-order valence-corrected chi connectivity index (χ2v) is 7.55. The van der Waals surface area contributed by atoms with Crippen molar-refractivity contribution in [2.75, 3.05) is 12.4 Å². The van der Waals surface area contributed by atoms with E-state index in [2.05, 4.69) is 10.6 Å². The molecule has 1 aromatic heterocycles. The lowest BCUT2D eigenvalue weighted by Crippen LogP contribution is -2.20. The molecule has 7 heteroatoms. The van der Waals surface area contributed by atoms with Crippen LogP contribution in [-0.2, 0) is 11.3 Å². The molecular formula is C20H19N3O2S2. The number of rotatable bonds is 5. The molecule has 2 aromatic carbocycles. The second-order valence-electron chi connectivity index (χ2n) is 6.04. The standard InChI is InChI=1S/C20H19N3O2S2/c1-13-3-5-14(6-4-13)17-12-27-20(26)23(17)11-18(24)22-16-9-7-15(8-10-16)19(25)21-2/h3-10,12H,11H2,1-2H3,(H,21,25)(H,22,24). The molecule has 0 saturated carbocycles. The van der Waals surface area contributed by atoms with Gasteiger partial charge in [-0.2, -0.15) is 0 Å². The minimum atomic E-state index is -0.175. The van der Waals surface area contributed by atoms with Crippen LogP contribution < -0.4 is 10.6 Å². The van der Waals surface area contributed by atoms with Gasteiger partial charge in [0.25, 0.3) is 5.91 Å². The van der Waals surface area contributed by atoms with E-state index in [0.29, 0.717) is 15.2 Å². The topological polar surface area (TPSA) is 63.1 Å². The third-order valence-electron chi connectivity index (χ3n) is 4.09. The molecule has 1 heterocycles. The van der Waals surface area contributed by atoms with Gasteiger partial charge < -0.3 is 15.2 Å². The molecule has 0 fully saturated rings. The first-order valence-corrected chi connectivity index (χ1v) is 9.64. The lowest BCUT2D eigenvalue weighted by molar-refractivity contribution is -0.116. The van der Waals surface area contributed by atoms with Crippen LogP contribution in [-0.4, -0.2) is 23.4 Å². The summed E-state index contributed by atoms with van der Waals surface area (Å²) in [5.41, 5.74) is 4.30. The summed E-state index contributed by atoms with van der Waals surface area (Å²) in [6, 6.07) is 14.9. The Balaban J connectivity index is 1.75. The minimum Gasteiger partial charge on any atom is -0.355 e. The van der Waals surface area contributed by atoms with Gasteiger partial charge in [0.05, 0.1) is 5.69 Å². The number of carbonyl (C=O) groups excluding carboxylic acids is 2. The van der Waals surface area contributed by atoms with Crippen LogP contribution in [0.4, 0.5) is 5.69 Å². The fourth-order valence-electron chi connectivity index (χ4n) is 2.62. The molecule has 0 bridgehead atoms. The number of aryl methyl sites for hydroxylation is 1. The summed E-state index contributed by atoms with van der Waals surface area (Å²) in [4.78, 5) is 24.1. The lowest BCUT2D eigenvalue weighted by atomic mass is 10.1. The molecule has 0 atom stereocenters. The average molecular weight is 398 g/mol. The summed E-state index contributed by atoms with van der Waals surface area (Å²) in [5, 5.41) is 7.38. The average Bonchev–Trinajstić information content (AvgIpc) is 3.03. The van der Waals surface area contributed by atoms with Gasteiger partial charge in [0.15, 0.2) is 3.95 Å². The van der Waals surface area contributed by atoms with Gasteiger partial charge in [0.2, 0.25) is 5.91 Å². The number of benzene rings is 2. The molecule has 0 aliphatic carbocycles. The molecule has 2 N–H and O–H groups in total. The van der Waals surface area contributed by atoms with Crippen molar-refractivity contribution in [1.82, 2.24) is 9.88 Å². The van der Waals surface area contributed by atoms with Crippen LogP contribution in [0, 0.1) is 10.9 Å². The quantitative estimate of drug-likeness (QED) is 0.633. The molecule has 0 aliphatic heterocycles. The number of amides is 2. The summed E-state index contributed by atoms with van der Waals surface area (Å²) < 4.78 is 2.48. The van der Waals surface area contributed by atoms with Gasteiger partial charge >= 0.3 is 0 Å². The fourth-order valence-corrected chi connectivity index (χ4v) is 3.70. The van der Waals surface area contributed by atoms with E-state index in [4.69, 9.17) is 12.2 Å². The number of nitrogens with zero attached hydrogens (tertiary/aromatic N) is 1. The predicted molar refractivity (Wildman–Crippen MR) is 112 cm³/mol. The molecule has 0 saturated heterocycles. The van der Waals surface area contributed by atoms with E-state index in [1.807, 2.05) is 41.1 Å². The monoisotopic (exact) mass is 397 g/mol. The number of thiazole rings is 1. The van der Waals surface area contributed by atoms with Crippen molar-refractivity contribution in [2.45, 2.75) is 13.5 Å². The minimum absolute atomic E-state index is 0.128. The molecule has 3 aromatic rings. The Labute approximate surface area is 166 Å². The van der Waals surface area contributed by atoms with Crippen LogP contribution in [0.25, 0.3) is 11.3 Å². The zero-order valence-corrected chi connectivity index (χ0v) is 16.6. The first kappa shape index (κ1) is 19.0. The van der Waals surface area contributed by atoms with E-state index < -0.39 is 0 Å². The summed E-state index contributed by atoms with van der Waals surface area (Å²) >= 11 is 6.84. The number of anilines is 1. The van der Waals surface area contributed by atoms with Crippen molar-refractivity contribution in [1.29, 1.82) is 0 Å². The highest BCUT2D eigenvalue weighted by Crippen LogP contribution is 2.24. The number of hydrogen-bond donors (Lipinski definition) is 2. The predicted octanol–water partition coefficient (Wildman–Crippen LogP) is 4.25. The van der Waals surface area contributed by atoms with Gasteiger partial charge in [-0.15, -0.1) is 11.3 Å². The number of hydrogen-bond acceptors (Lipinski definition) is 4. The van der Waals surface area contributed by atoms with Gasteiger partial charge in [0.1, 0.15) is 6.54 Å². The maximum atomic E-state index is 12.5. The lowest BCUT2D eigenvalue weighted by Gasteiger charge is -2.10. The number of carbonyl (C=O) groups is 2. The SMILES string of the molecule is CNC(=O)c1ccc(NC(=O)Cn2c(-c3ccc(C)cc3)csc2=S)cc1. The summed E-state index contributed by atoms with van der Waals surface area (Å²) in [5.74, 6) is -0.342. The first-order chi connectivity index (χ1) is 13.0. The van der Waals surface area contributed by atoms with E-state index in [9.17, 15) is 9.59 Å². The molecule has 3 rings (SSSR count). The zero-order chi connectivity index (χ0) is 19.4. The van der Waals surface area contributed by atoms with Crippen molar-refractivity contribution < 1.29 is 9.59 Å². The van der Waals surface area contributed by atoms with Crippen molar-refractivity contribution in [3.05, 3.63) is 69.0 Å². The maximum Gasteiger partial charge on any atom is 0.251 e.